The van der Waals surface area contributed by atoms with Crippen LogP contribution in [-0.4, -0.2) is 26.1 Å². The lowest BCUT2D eigenvalue weighted by Gasteiger charge is -2.15. The van der Waals surface area contributed by atoms with Crippen molar-refractivity contribution in [3.8, 4) is 0 Å². The molecule has 0 amide bonds. The summed E-state index contributed by atoms with van der Waals surface area (Å²) in [5, 5.41) is 12.1. The topological polar surface area (TPSA) is 47.7 Å². The van der Waals surface area contributed by atoms with E-state index < -0.39 is 0 Å². The molecular formula is C13H21N5. The Balaban J connectivity index is 2.24. The molecule has 0 bridgehead atoms. The molecule has 0 saturated carbocycles. The first-order valence-corrected chi connectivity index (χ1v) is 6.48. The van der Waals surface area contributed by atoms with Gasteiger partial charge in [0.15, 0.2) is 0 Å². The van der Waals surface area contributed by atoms with Crippen molar-refractivity contribution in [2.45, 2.75) is 32.9 Å². The Kier molecular flexibility index (Phi) is 4.15. The van der Waals surface area contributed by atoms with Gasteiger partial charge in [0.1, 0.15) is 0 Å². The average molecular weight is 247 g/mol. The average Bonchev–Trinajstić information content (AvgIpc) is 2.99. The molecule has 0 fully saturated rings. The highest BCUT2D eigenvalue weighted by Gasteiger charge is 2.16. The summed E-state index contributed by atoms with van der Waals surface area (Å²) in [5.74, 6) is 0. The standard InChI is InChI=1S/C13H21N5/c1-4-6-14-13(11-7-15-17(3)9-11)12-8-16-18(5-2)10-12/h7-10,13-14H,4-6H2,1-3H3. The van der Waals surface area contributed by atoms with Crippen molar-refractivity contribution in [3.05, 3.63) is 35.9 Å². The van der Waals surface area contributed by atoms with E-state index >= 15 is 0 Å². The zero-order valence-corrected chi connectivity index (χ0v) is 11.3. The van der Waals surface area contributed by atoms with Gasteiger partial charge in [-0.25, -0.2) is 0 Å². The maximum absolute atomic E-state index is 4.35. The highest BCUT2D eigenvalue weighted by molar-refractivity contribution is 5.25. The summed E-state index contributed by atoms with van der Waals surface area (Å²) in [6, 6.07) is 0.180. The molecule has 0 saturated heterocycles. The van der Waals surface area contributed by atoms with Crippen molar-refractivity contribution in [1.82, 2.24) is 24.9 Å². The van der Waals surface area contributed by atoms with E-state index in [1.54, 1.807) is 0 Å². The van der Waals surface area contributed by atoms with Gasteiger partial charge in [0.05, 0.1) is 18.4 Å². The number of hydrogen-bond donors (Lipinski definition) is 1. The highest BCUT2D eigenvalue weighted by atomic mass is 15.3. The van der Waals surface area contributed by atoms with Crippen LogP contribution in [0.25, 0.3) is 0 Å². The van der Waals surface area contributed by atoms with Crippen LogP contribution >= 0.6 is 0 Å². The molecule has 1 N–H and O–H groups in total. The maximum atomic E-state index is 4.35. The first kappa shape index (κ1) is 12.8. The quantitative estimate of drug-likeness (QED) is 0.845. The Bertz CT molecular complexity index is 485. The van der Waals surface area contributed by atoms with Gasteiger partial charge in [-0.1, -0.05) is 6.92 Å². The molecule has 0 spiro atoms. The van der Waals surface area contributed by atoms with Gasteiger partial charge in [0.25, 0.3) is 0 Å². The van der Waals surface area contributed by atoms with Crippen molar-refractivity contribution < 1.29 is 0 Å². The number of hydrogen-bond acceptors (Lipinski definition) is 3. The van der Waals surface area contributed by atoms with Crippen LogP contribution in [-0.2, 0) is 13.6 Å². The predicted octanol–water partition coefficient (Wildman–Crippen LogP) is 1.73. The van der Waals surface area contributed by atoms with Gasteiger partial charge in [0.2, 0.25) is 0 Å². The predicted molar refractivity (Wildman–Crippen MR) is 71.2 cm³/mol. The Labute approximate surface area is 108 Å². The summed E-state index contributed by atoms with van der Waals surface area (Å²) in [7, 11) is 1.94. The van der Waals surface area contributed by atoms with E-state index in [0.29, 0.717) is 0 Å². The second-order valence-electron chi connectivity index (χ2n) is 4.46. The molecule has 0 aliphatic rings. The van der Waals surface area contributed by atoms with E-state index in [0.717, 1.165) is 19.5 Å². The first-order valence-electron chi connectivity index (χ1n) is 6.48. The zero-order chi connectivity index (χ0) is 13.0. The van der Waals surface area contributed by atoms with Crippen molar-refractivity contribution in [2.24, 2.45) is 7.05 Å². The van der Waals surface area contributed by atoms with Gasteiger partial charge in [-0.2, -0.15) is 10.2 Å². The fraction of sp³-hybridized carbons (Fsp3) is 0.538. The van der Waals surface area contributed by atoms with Gasteiger partial charge >= 0.3 is 0 Å². The molecule has 5 heteroatoms. The van der Waals surface area contributed by atoms with Crippen LogP contribution in [0.4, 0.5) is 0 Å². The minimum absolute atomic E-state index is 0.180. The number of aromatic nitrogens is 4. The maximum Gasteiger partial charge on any atom is 0.0639 e. The molecule has 0 aliphatic heterocycles. The minimum atomic E-state index is 0.180. The lowest BCUT2D eigenvalue weighted by Crippen LogP contribution is -2.22. The summed E-state index contributed by atoms with van der Waals surface area (Å²) < 4.78 is 3.78. The number of rotatable bonds is 6. The molecule has 1 unspecified atom stereocenters. The molecule has 0 aromatic carbocycles. The first-order chi connectivity index (χ1) is 8.74. The van der Waals surface area contributed by atoms with Gasteiger partial charge in [0, 0.05) is 37.1 Å². The molecule has 18 heavy (non-hydrogen) atoms. The normalized spacial score (nSPS) is 12.8. The number of nitrogens with one attached hydrogen (secondary N) is 1. The van der Waals surface area contributed by atoms with Crippen LogP contribution in [0.3, 0.4) is 0 Å². The van der Waals surface area contributed by atoms with Gasteiger partial charge < -0.3 is 5.32 Å². The third-order valence-electron chi connectivity index (χ3n) is 2.97. The van der Waals surface area contributed by atoms with Crippen molar-refractivity contribution in [3.63, 3.8) is 0 Å². The molecule has 2 aromatic rings. The second kappa shape index (κ2) is 5.82. The smallest absolute Gasteiger partial charge is 0.0639 e. The lowest BCUT2D eigenvalue weighted by molar-refractivity contribution is 0.595. The van der Waals surface area contributed by atoms with E-state index in [2.05, 4.69) is 41.8 Å². The molecule has 98 valence electrons. The van der Waals surface area contributed by atoms with Gasteiger partial charge in [-0.3, -0.25) is 9.36 Å². The lowest BCUT2D eigenvalue weighted by atomic mass is 10.1. The van der Waals surface area contributed by atoms with Gasteiger partial charge in [-0.05, 0) is 19.9 Å². The van der Waals surface area contributed by atoms with Crippen LogP contribution < -0.4 is 5.32 Å². The van der Waals surface area contributed by atoms with E-state index in [1.165, 1.54) is 11.1 Å². The molecule has 2 heterocycles. The molecular weight excluding hydrogens is 226 g/mol. The summed E-state index contributed by atoms with van der Waals surface area (Å²) in [6.45, 7) is 6.14. The largest absolute Gasteiger partial charge is 0.306 e. The van der Waals surface area contributed by atoms with Crippen molar-refractivity contribution in [2.75, 3.05) is 6.54 Å². The van der Waals surface area contributed by atoms with Crippen LogP contribution in [0.1, 0.15) is 37.4 Å². The fourth-order valence-electron chi connectivity index (χ4n) is 2.01. The SMILES string of the molecule is CCCNC(c1cnn(C)c1)c1cnn(CC)c1. The van der Waals surface area contributed by atoms with Crippen LogP contribution in [0.2, 0.25) is 0 Å². The molecule has 2 aromatic heterocycles. The zero-order valence-electron chi connectivity index (χ0n) is 11.3. The van der Waals surface area contributed by atoms with Crippen molar-refractivity contribution in [1.29, 1.82) is 0 Å². The minimum Gasteiger partial charge on any atom is -0.306 e. The monoisotopic (exact) mass is 247 g/mol. The Hall–Kier alpha value is -1.62. The van der Waals surface area contributed by atoms with E-state index in [9.17, 15) is 0 Å². The molecule has 2 rings (SSSR count). The summed E-state index contributed by atoms with van der Waals surface area (Å²) in [4.78, 5) is 0. The number of nitrogens with zero attached hydrogens (tertiary/aromatic N) is 4. The Morgan fingerprint density at radius 1 is 1.17 bits per heavy atom. The third kappa shape index (κ3) is 2.79. The second-order valence-corrected chi connectivity index (χ2v) is 4.46. The number of aryl methyl sites for hydroxylation is 2. The molecule has 0 aliphatic carbocycles. The van der Waals surface area contributed by atoms with Crippen LogP contribution in [0.5, 0.6) is 0 Å². The highest BCUT2D eigenvalue weighted by Crippen LogP contribution is 2.21. The molecule has 5 nitrogen and oxygen atoms in total. The summed E-state index contributed by atoms with van der Waals surface area (Å²) in [5.41, 5.74) is 2.37. The third-order valence-corrected chi connectivity index (χ3v) is 2.97. The van der Waals surface area contributed by atoms with E-state index in [-0.39, 0.29) is 6.04 Å². The van der Waals surface area contributed by atoms with Gasteiger partial charge in [-0.15, -0.1) is 0 Å². The molecule has 0 radical (unpaired) electrons. The fourth-order valence-corrected chi connectivity index (χ4v) is 2.01. The van der Waals surface area contributed by atoms with Crippen LogP contribution in [0.15, 0.2) is 24.8 Å². The Morgan fingerprint density at radius 2 is 1.89 bits per heavy atom. The molecule has 1 atom stereocenters. The van der Waals surface area contributed by atoms with Crippen LogP contribution in [0, 0.1) is 0 Å². The van der Waals surface area contributed by atoms with E-state index in [4.69, 9.17) is 0 Å². The Morgan fingerprint density at radius 3 is 2.44 bits per heavy atom. The summed E-state index contributed by atoms with van der Waals surface area (Å²) >= 11 is 0. The van der Waals surface area contributed by atoms with E-state index in [1.807, 2.05) is 28.8 Å². The summed E-state index contributed by atoms with van der Waals surface area (Å²) in [6.07, 6.45) is 9.11. The van der Waals surface area contributed by atoms with Crippen molar-refractivity contribution >= 4 is 0 Å².